The van der Waals surface area contributed by atoms with Crippen LogP contribution in [0.25, 0.3) is 0 Å². The van der Waals surface area contributed by atoms with Crippen LogP contribution in [-0.2, 0) is 4.79 Å². The Bertz CT molecular complexity index is 1070. The third-order valence-electron chi connectivity index (χ3n) is 5.10. The summed E-state index contributed by atoms with van der Waals surface area (Å²) in [6.45, 7) is 1.38. The molecule has 2 atom stereocenters. The molecule has 1 heterocycles. The predicted octanol–water partition coefficient (Wildman–Crippen LogP) is 1.11. The SMILES string of the molecule is CC(=O)CCC1c2c(cc3c(c2[O-])C(=O)c2c(O)cc(O)cc2C3=O)OC1O. The van der Waals surface area contributed by atoms with Crippen LogP contribution in [0.3, 0.4) is 0 Å². The molecule has 0 spiro atoms. The van der Waals surface area contributed by atoms with Crippen molar-refractivity contribution in [2.45, 2.75) is 32.0 Å². The van der Waals surface area contributed by atoms with Gasteiger partial charge in [-0.2, -0.15) is 0 Å². The number of hydrogen-bond donors (Lipinski definition) is 3. The zero-order valence-electron chi connectivity index (χ0n) is 14.7. The summed E-state index contributed by atoms with van der Waals surface area (Å²) in [5.74, 6) is -4.30. The fourth-order valence-electron chi connectivity index (χ4n) is 3.80. The van der Waals surface area contributed by atoms with Crippen LogP contribution in [0.1, 0.15) is 63.1 Å². The molecule has 0 bridgehead atoms. The molecule has 0 saturated heterocycles. The Labute approximate surface area is 158 Å². The number of ketones is 3. The van der Waals surface area contributed by atoms with Crippen LogP contribution >= 0.6 is 0 Å². The third kappa shape index (κ3) is 2.45. The van der Waals surface area contributed by atoms with Crippen LogP contribution < -0.4 is 9.84 Å². The zero-order chi connectivity index (χ0) is 20.3. The van der Waals surface area contributed by atoms with Gasteiger partial charge in [0.2, 0.25) is 6.29 Å². The van der Waals surface area contributed by atoms with Crippen molar-refractivity contribution >= 4 is 17.3 Å². The molecule has 1 aliphatic heterocycles. The van der Waals surface area contributed by atoms with Gasteiger partial charge < -0.3 is 30.0 Å². The van der Waals surface area contributed by atoms with Crippen molar-refractivity contribution in [3.63, 3.8) is 0 Å². The summed E-state index contributed by atoms with van der Waals surface area (Å²) in [6, 6.07) is 3.17. The van der Waals surface area contributed by atoms with E-state index in [0.717, 1.165) is 12.1 Å². The van der Waals surface area contributed by atoms with Gasteiger partial charge in [0.1, 0.15) is 23.0 Å². The quantitative estimate of drug-likeness (QED) is 0.610. The van der Waals surface area contributed by atoms with E-state index in [4.69, 9.17) is 4.74 Å². The molecule has 8 nitrogen and oxygen atoms in total. The predicted molar refractivity (Wildman–Crippen MR) is 91.8 cm³/mol. The van der Waals surface area contributed by atoms with Crippen molar-refractivity contribution in [2.24, 2.45) is 0 Å². The lowest BCUT2D eigenvalue weighted by Crippen LogP contribution is -2.24. The highest BCUT2D eigenvalue weighted by molar-refractivity contribution is 6.30. The summed E-state index contributed by atoms with van der Waals surface area (Å²) in [5, 5.41) is 42.9. The Balaban J connectivity index is 1.90. The topological polar surface area (TPSA) is 144 Å². The fourth-order valence-corrected chi connectivity index (χ4v) is 3.80. The zero-order valence-corrected chi connectivity index (χ0v) is 14.7. The van der Waals surface area contributed by atoms with E-state index < -0.39 is 46.6 Å². The molecule has 28 heavy (non-hydrogen) atoms. The van der Waals surface area contributed by atoms with Crippen LogP contribution in [-0.4, -0.2) is 39.0 Å². The Hall–Kier alpha value is -3.39. The molecule has 1 aliphatic carbocycles. The van der Waals surface area contributed by atoms with Crippen LogP contribution in [0.2, 0.25) is 0 Å². The number of rotatable bonds is 3. The summed E-state index contributed by atoms with van der Waals surface area (Å²) in [6.07, 6.45) is -1.12. The normalized spacial score (nSPS) is 19.6. The van der Waals surface area contributed by atoms with Gasteiger partial charge in [-0.25, -0.2) is 0 Å². The lowest BCUT2D eigenvalue weighted by atomic mass is 9.80. The number of aliphatic hydroxyl groups is 1. The van der Waals surface area contributed by atoms with Crippen molar-refractivity contribution in [3.05, 3.63) is 46.0 Å². The third-order valence-corrected chi connectivity index (χ3v) is 5.10. The summed E-state index contributed by atoms with van der Waals surface area (Å²) in [7, 11) is 0. The Morgan fingerprint density at radius 3 is 2.46 bits per heavy atom. The van der Waals surface area contributed by atoms with Gasteiger partial charge in [0.15, 0.2) is 11.6 Å². The van der Waals surface area contributed by atoms with Gasteiger partial charge in [0.05, 0.1) is 5.56 Å². The average molecular weight is 383 g/mol. The second kappa shape index (κ2) is 6.07. The van der Waals surface area contributed by atoms with Crippen LogP contribution in [0, 0.1) is 0 Å². The molecule has 0 fully saturated rings. The molecule has 0 aromatic heterocycles. The minimum atomic E-state index is -1.38. The maximum absolute atomic E-state index is 13.1. The number of aliphatic hydroxyl groups excluding tert-OH is 1. The molecule has 2 aromatic carbocycles. The van der Waals surface area contributed by atoms with Gasteiger partial charge in [0.25, 0.3) is 0 Å². The first-order valence-corrected chi connectivity index (χ1v) is 8.58. The second-order valence-corrected chi connectivity index (χ2v) is 6.94. The number of carbonyl (C=O) groups is 3. The Kier molecular flexibility index (Phi) is 3.90. The number of phenolic OH excluding ortho intramolecular Hbond substituents is 2. The average Bonchev–Trinajstić information content (AvgIpc) is 2.92. The Morgan fingerprint density at radius 2 is 1.79 bits per heavy atom. The first-order valence-electron chi connectivity index (χ1n) is 8.58. The lowest BCUT2D eigenvalue weighted by Gasteiger charge is -2.26. The van der Waals surface area contributed by atoms with Gasteiger partial charge in [0, 0.05) is 35.1 Å². The number of fused-ring (bicyclic) bond motifs is 3. The summed E-state index contributed by atoms with van der Waals surface area (Å²) in [4.78, 5) is 37.0. The van der Waals surface area contributed by atoms with Crippen LogP contribution in [0.15, 0.2) is 18.2 Å². The highest BCUT2D eigenvalue weighted by Crippen LogP contribution is 2.49. The van der Waals surface area contributed by atoms with Gasteiger partial charge in [-0.15, -0.1) is 0 Å². The molecular formula is C20H15O8-. The number of hydrogen-bond acceptors (Lipinski definition) is 8. The lowest BCUT2D eigenvalue weighted by molar-refractivity contribution is -0.270. The van der Waals surface area contributed by atoms with Crippen molar-refractivity contribution in [1.29, 1.82) is 0 Å². The van der Waals surface area contributed by atoms with E-state index in [0.29, 0.717) is 0 Å². The van der Waals surface area contributed by atoms with Crippen molar-refractivity contribution < 1.29 is 39.5 Å². The van der Waals surface area contributed by atoms with Gasteiger partial charge in [-0.05, 0) is 31.0 Å². The minimum absolute atomic E-state index is 0.0150. The monoisotopic (exact) mass is 383 g/mol. The first kappa shape index (κ1) is 18.0. The number of benzene rings is 2. The molecule has 2 aliphatic rings. The molecule has 0 radical (unpaired) electrons. The van der Waals surface area contributed by atoms with E-state index in [1.165, 1.54) is 13.0 Å². The highest BCUT2D eigenvalue weighted by atomic mass is 16.6. The van der Waals surface area contributed by atoms with Crippen LogP contribution in [0.5, 0.6) is 23.0 Å². The van der Waals surface area contributed by atoms with E-state index >= 15 is 0 Å². The van der Waals surface area contributed by atoms with Crippen molar-refractivity contribution in [2.75, 3.05) is 0 Å². The number of Topliss-reactive ketones (excluding diaryl/α,β-unsaturated/α-hetero) is 1. The molecule has 2 aromatic rings. The molecule has 144 valence electrons. The number of phenols is 2. The van der Waals surface area contributed by atoms with Crippen molar-refractivity contribution in [3.8, 4) is 23.0 Å². The molecule has 8 heteroatoms. The second-order valence-electron chi connectivity index (χ2n) is 6.94. The molecular weight excluding hydrogens is 368 g/mol. The molecule has 2 unspecified atom stereocenters. The number of carbonyl (C=O) groups excluding carboxylic acids is 3. The van der Waals surface area contributed by atoms with Gasteiger partial charge in [-0.1, -0.05) is 5.75 Å². The molecule has 3 N–H and O–H groups in total. The van der Waals surface area contributed by atoms with E-state index in [1.54, 1.807) is 0 Å². The van der Waals surface area contributed by atoms with Crippen LogP contribution in [0.4, 0.5) is 0 Å². The Morgan fingerprint density at radius 1 is 1.11 bits per heavy atom. The van der Waals surface area contributed by atoms with E-state index in [-0.39, 0.29) is 46.6 Å². The number of ether oxygens (including phenoxy) is 1. The largest absolute Gasteiger partial charge is 0.872 e. The minimum Gasteiger partial charge on any atom is -0.872 e. The summed E-state index contributed by atoms with van der Waals surface area (Å²) < 4.78 is 5.30. The maximum Gasteiger partial charge on any atom is 0.204 e. The van der Waals surface area contributed by atoms with E-state index in [9.17, 15) is 34.8 Å². The maximum atomic E-state index is 13.1. The standard InChI is InChI=1S/C20H16O8/c1-7(21)2-3-9-15-13(28-20(9)27)6-11-16(19(15)26)18(25)14-10(17(11)24)4-8(22)5-12(14)23/h4-6,9,20,22-23,26-27H,2-3H2,1H3/p-1. The fraction of sp³-hybridized carbons (Fsp3) is 0.250. The van der Waals surface area contributed by atoms with E-state index in [2.05, 4.69) is 0 Å². The van der Waals surface area contributed by atoms with E-state index in [1.807, 2.05) is 0 Å². The summed E-state index contributed by atoms with van der Waals surface area (Å²) in [5.41, 5.74) is -1.17. The smallest absolute Gasteiger partial charge is 0.204 e. The van der Waals surface area contributed by atoms with Gasteiger partial charge >= 0.3 is 0 Å². The van der Waals surface area contributed by atoms with Gasteiger partial charge in [-0.3, -0.25) is 9.59 Å². The first-order chi connectivity index (χ1) is 13.2. The molecule has 0 saturated carbocycles. The highest BCUT2D eigenvalue weighted by Gasteiger charge is 2.40. The molecule has 0 amide bonds. The number of aromatic hydroxyl groups is 2. The molecule has 4 rings (SSSR count). The van der Waals surface area contributed by atoms with Crippen molar-refractivity contribution in [1.82, 2.24) is 0 Å². The summed E-state index contributed by atoms with van der Waals surface area (Å²) >= 11 is 0.